The lowest BCUT2D eigenvalue weighted by molar-refractivity contribution is 0.00617. The number of ether oxygens (including phenoxy) is 1. The van der Waals surface area contributed by atoms with E-state index in [1.807, 2.05) is 27.7 Å². The predicted octanol–water partition coefficient (Wildman–Crippen LogP) is 2.75. The van der Waals surface area contributed by atoms with E-state index in [-0.39, 0.29) is 18.0 Å². The van der Waals surface area contributed by atoms with Gasteiger partial charge in [-0.2, -0.15) is 0 Å². The maximum absolute atomic E-state index is 12.7. The average molecular weight is 328 g/mol. The van der Waals surface area contributed by atoms with E-state index >= 15 is 0 Å². The van der Waals surface area contributed by atoms with E-state index in [9.17, 15) is 9.59 Å². The highest BCUT2D eigenvalue weighted by atomic mass is 16.6. The van der Waals surface area contributed by atoms with Gasteiger partial charge in [0.2, 0.25) is 0 Å². The molecule has 5 heteroatoms. The van der Waals surface area contributed by atoms with Gasteiger partial charge >= 0.3 is 6.09 Å². The highest BCUT2D eigenvalue weighted by Gasteiger charge is 2.32. The number of benzene rings is 1. The Balaban J connectivity index is 2.04. The first-order valence-corrected chi connectivity index (χ1v) is 8.07. The van der Waals surface area contributed by atoms with Crippen molar-refractivity contribution in [3.8, 4) is 12.3 Å². The normalized spacial score (nSPS) is 18.0. The Bertz CT molecular complexity index is 670. The van der Waals surface area contributed by atoms with Crippen LogP contribution in [0.2, 0.25) is 0 Å². The monoisotopic (exact) mass is 328 g/mol. The van der Waals surface area contributed by atoms with Crippen molar-refractivity contribution in [2.75, 3.05) is 19.6 Å². The summed E-state index contributed by atoms with van der Waals surface area (Å²) in [6.45, 7) is 8.83. The zero-order valence-corrected chi connectivity index (χ0v) is 14.7. The number of hydrogen-bond donors (Lipinski definition) is 0. The number of carbonyl (C=O) groups excluding carboxylic acids is 2. The first-order valence-electron chi connectivity index (χ1n) is 8.07. The molecule has 1 aromatic rings. The summed E-state index contributed by atoms with van der Waals surface area (Å²) < 4.78 is 5.40. The second-order valence-corrected chi connectivity index (χ2v) is 7.00. The second-order valence-electron chi connectivity index (χ2n) is 7.00. The molecule has 1 unspecified atom stereocenters. The van der Waals surface area contributed by atoms with Crippen LogP contribution in [0.25, 0.3) is 0 Å². The van der Waals surface area contributed by atoms with Crippen LogP contribution in [0, 0.1) is 12.3 Å². The van der Waals surface area contributed by atoms with E-state index < -0.39 is 5.60 Å². The van der Waals surface area contributed by atoms with Gasteiger partial charge < -0.3 is 14.5 Å². The summed E-state index contributed by atoms with van der Waals surface area (Å²) in [5.74, 6) is 2.47. The lowest BCUT2D eigenvalue weighted by Crippen LogP contribution is -2.56. The van der Waals surface area contributed by atoms with Crippen LogP contribution in [-0.2, 0) is 4.74 Å². The Morgan fingerprint density at radius 1 is 1.29 bits per heavy atom. The molecule has 1 heterocycles. The number of hydrogen-bond acceptors (Lipinski definition) is 3. The second kappa shape index (κ2) is 6.96. The fraction of sp³-hybridized carbons (Fsp3) is 0.474. The van der Waals surface area contributed by atoms with Crippen molar-refractivity contribution in [3.63, 3.8) is 0 Å². The van der Waals surface area contributed by atoms with Crippen LogP contribution in [0.4, 0.5) is 4.79 Å². The molecule has 1 aromatic carbocycles. The molecule has 5 nitrogen and oxygen atoms in total. The van der Waals surface area contributed by atoms with E-state index in [4.69, 9.17) is 11.2 Å². The molecule has 2 rings (SSSR count). The molecule has 1 atom stereocenters. The lowest BCUT2D eigenvalue weighted by atomic mass is 10.1. The minimum Gasteiger partial charge on any atom is -0.444 e. The summed E-state index contributed by atoms with van der Waals surface area (Å²) in [6.07, 6.45) is 5.06. The van der Waals surface area contributed by atoms with Gasteiger partial charge in [-0.1, -0.05) is 12.0 Å². The number of carbonyl (C=O) groups is 2. The number of terminal acetylenes is 1. The molecule has 0 saturated carbocycles. The standard InChI is InChI=1S/C19H24N2O3/c1-6-15-8-7-9-16(12-15)17(22)21-11-10-20(13-14(21)2)18(23)24-19(3,4)5/h1,7-9,12,14H,10-11,13H2,2-5H3. The maximum Gasteiger partial charge on any atom is 0.410 e. The van der Waals surface area contributed by atoms with Crippen molar-refractivity contribution in [1.29, 1.82) is 0 Å². The van der Waals surface area contributed by atoms with Crippen molar-refractivity contribution in [2.24, 2.45) is 0 Å². The molecule has 0 aromatic heterocycles. The average Bonchev–Trinajstić information content (AvgIpc) is 2.52. The van der Waals surface area contributed by atoms with Gasteiger partial charge in [-0.05, 0) is 45.9 Å². The van der Waals surface area contributed by atoms with E-state index in [0.717, 1.165) is 0 Å². The van der Waals surface area contributed by atoms with Crippen LogP contribution in [0.15, 0.2) is 24.3 Å². The molecule has 1 aliphatic heterocycles. The summed E-state index contributed by atoms with van der Waals surface area (Å²) in [7, 11) is 0. The van der Waals surface area contributed by atoms with E-state index in [2.05, 4.69) is 5.92 Å². The van der Waals surface area contributed by atoms with Gasteiger partial charge in [-0.15, -0.1) is 6.42 Å². The summed E-state index contributed by atoms with van der Waals surface area (Å²) in [6, 6.07) is 6.96. The van der Waals surface area contributed by atoms with Crippen LogP contribution in [0.3, 0.4) is 0 Å². The van der Waals surface area contributed by atoms with Crippen LogP contribution in [0.5, 0.6) is 0 Å². The first-order chi connectivity index (χ1) is 11.2. The molecule has 1 aliphatic rings. The molecule has 24 heavy (non-hydrogen) atoms. The fourth-order valence-electron chi connectivity index (χ4n) is 2.66. The molecule has 0 N–H and O–H groups in total. The number of piperazine rings is 1. The van der Waals surface area contributed by atoms with Gasteiger partial charge in [0.1, 0.15) is 5.60 Å². The van der Waals surface area contributed by atoms with Crippen molar-refractivity contribution in [2.45, 2.75) is 39.3 Å². The van der Waals surface area contributed by atoms with Gasteiger partial charge in [-0.3, -0.25) is 4.79 Å². The van der Waals surface area contributed by atoms with Crippen molar-refractivity contribution < 1.29 is 14.3 Å². The Morgan fingerprint density at radius 3 is 2.58 bits per heavy atom. The number of rotatable bonds is 1. The topological polar surface area (TPSA) is 49.9 Å². The molecule has 1 saturated heterocycles. The summed E-state index contributed by atoms with van der Waals surface area (Å²) >= 11 is 0. The largest absolute Gasteiger partial charge is 0.444 e. The van der Waals surface area contributed by atoms with Crippen molar-refractivity contribution in [3.05, 3.63) is 35.4 Å². The molecule has 0 radical (unpaired) electrons. The summed E-state index contributed by atoms with van der Waals surface area (Å²) in [4.78, 5) is 28.3. The van der Waals surface area contributed by atoms with Crippen LogP contribution in [-0.4, -0.2) is 53.1 Å². The van der Waals surface area contributed by atoms with Gasteiger partial charge in [0.25, 0.3) is 5.91 Å². The van der Waals surface area contributed by atoms with E-state index in [0.29, 0.717) is 30.8 Å². The third kappa shape index (κ3) is 4.29. The number of nitrogens with zero attached hydrogens (tertiary/aromatic N) is 2. The van der Waals surface area contributed by atoms with Crippen LogP contribution < -0.4 is 0 Å². The highest BCUT2D eigenvalue weighted by molar-refractivity contribution is 5.95. The van der Waals surface area contributed by atoms with E-state index in [1.54, 1.807) is 34.1 Å². The Kier molecular flexibility index (Phi) is 5.18. The molecule has 2 amide bonds. The Morgan fingerprint density at radius 2 is 2.00 bits per heavy atom. The lowest BCUT2D eigenvalue weighted by Gasteiger charge is -2.40. The van der Waals surface area contributed by atoms with Crippen molar-refractivity contribution >= 4 is 12.0 Å². The predicted molar refractivity (Wildman–Crippen MR) is 92.7 cm³/mol. The minimum atomic E-state index is -0.525. The van der Waals surface area contributed by atoms with E-state index in [1.165, 1.54) is 0 Å². The molecular weight excluding hydrogens is 304 g/mol. The quantitative estimate of drug-likeness (QED) is 0.745. The third-order valence-electron chi connectivity index (χ3n) is 3.82. The van der Waals surface area contributed by atoms with Gasteiger partial charge in [-0.25, -0.2) is 4.79 Å². The molecule has 0 spiro atoms. The zero-order valence-electron chi connectivity index (χ0n) is 14.7. The van der Waals surface area contributed by atoms with Gasteiger partial charge in [0, 0.05) is 36.8 Å². The molecule has 0 bridgehead atoms. The smallest absolute Gasteiger partial charge is 0.410 e. The minimum absolute atomic E-state index is 0.0663. The highest BCUT2D eigenvalue weighted by Crippen LogP contribution is 2.17. The molecule has 1 fully saturated rings. The third-order valence-corrected chi connectivity index (χ3v) is 3.82. The molecule has 128 valence electrons. The maximum atomic E-state index is 12.7. The van der Waals surface area contributed by atoms with Crippen molar-refractivity contribution in [1.82, 2.24) is 9.80 Å². The van der Waals surface area contributed by atoms with Gasteiger partial charge in [0.15, 0.2) is 0 Å². The summed E-state index contributed by atoms with van der Waals surface area (Å²) in [5.41, 5.74) is 0.729. The molecule has 0 aliphatic carbocycles. The number of amides is 2. The van der Waals surface area contributed by atoms with Crippen LogP contribution in [0.1, 0.15) is 43.6 Å². The zero-order chi connectivity index (χ0) is 17.9. The fourth-order valence-corrected chi connectivity index (χ4v) is 2.66. The van der Waals surface area contributed by atoms with Gasteiger partial charge in [0.05, 0.1) is 0 Å². The summed E-state index contributed by atoms with van der Waals surface area (Å²) in [5, 5.41) is 0. The van der Waals surface area contributed by atoms with Crippen LogP contribution >= 0.6 is 0 Å². The molecular formula is C19H24N2O3. The Hall–Kier alpha value is -2.48. The Labute approximate surface area is 143 Å². The first kappa shape index (κ1) is 17.9. The SMILES string of the molecule is C#Cc1cccc(C(=O)N2CCN(C(=O)OC(C)(C)C)CC2C)c1.